The molecule has 0 bridgehead atoms. The first-order valence-electron chi connectivity index (χ1n) is 6.11. The second-order valence-corrected chi connectivity index (χ2v) is 4.47. The third kappa shape index (κ3) is 2.37. The highest BCUT2D eigenvalue weighted by Gasteiger charge is 2.25. The number of fused-ring (bicyclic) bond motifs is 1. The van der Waals surface area contributed by atoms with Crippen LogP contribution < -0.4 is 4.74 Å². The first-order chi connectivity index (χ1) is 9.24. The maximum atomic E-state index is 12.8. The van der Waals surface area contributed by atoms with Crippen molar-refractivity contribution in [3.8, 4) is 5.75 Å². The van der Waals surface area contributed by atoms with E-state index in [2.05, 4.69) is 0 Å². The van der Waals surface area contributed by atoms with Gasteiger partial charge in [0, 0.05) is 0 Å². The fraction of sp³-hybridized carbons (Fsp3) is 0.125. The summed E-state index contributed by atoms with van der Waals surface area (Å²) in [5.74, 6) is 0.229. The Hall–Kier alpha value is -2.13. The molecule has 1 aliphatic rings. The average molecular weight is 256 g/mol. The molecule has 2 nitrogen and oxygen atoms in total. The monoisotopic (exact) mass is 256 g/mol. The van der Waals surface area contributed by atoms with Crippen molar-refractivity contribution in [2.75, 3.05) is 0 Å². The quantitative estimate of drug-likeness (QED) is 0.893. The van der Waals surface area contributed by atoms with Crippen molar-refractivity contribution in [2.24, 2.45) is 0 Å². The molecule has 3 heteroatoms. The van der Waals surface area contributed by atoms with Crippen molar-refractivity contribution in [1.29, 1.82) is 0 Å². The Morgan fingerprint density at radius 2 is 1.74 bits per heavy atom. The molecule has 2 aromatic rings. The molecule has 0 fully saturated rings. The predicted molar refractivity (Wildman–Crippen MR) is 71.3 cm³/mol. The van der Waals surface area contributed by atoms with Crippen molar-refractivity contribution >= 4 is 6.08 Å². The van der Waals surface area contributed by atoms with Crippen LogP contribution >= 0.6 is 0 Å². The molecule has 0 amide bonds. The van der Waals surface area contributed by atoms with Gasteiger partial charge in [0.05, 0.1) is 0 Å². The molecule has 0 aromatic heterocycles. The molecule has 19 heavy (non-hydrogen) atoms. The van der Waals surface area contributed by atoms with Crippen LogP contribution in [0.15, 0.2) is 54.6 Å². The van der Waals surface area contributed by atoms with E-state index in [1.165, 1.54) is 12.1 Å². The Bertz CT molecular complexity index is 604. The number of hydrogen-bond donors (Lipinski definition) is 1. The Balaban J connectivity index is 1.83. The zero-order valence-corrected chi connectivity index (χ0v) is 10.2. The average Bonchev–Trinajstić information content (AvgIpc) is 2.45. The molecule has 0 aliphatic heterocycles. The van der Waals surface area contributed by atoms with Crippen LogP contribution in [0.25, 0.3) is 6.08 Å². The van der Waals surface area contributed by atoms with Gasteiger partial charge in [-0.15, -0.1) is 0 Å². The summed E-state index contributed by atoms with van der Waals surface area (Å²) in [5.41, 5.74) is 1.84. The van der Waals surface area contributed by atoms with E-state index in [1.54, 1.807) is 12.1 Å². The summed E-state index contributed by atoms with van der Waals surface area (Å²) in [6, 6.07) is 13.4. The topological polar surface area (TPSA) is 29.5 Å². The molecular weight excluding hydrogens is 243 g/mol. The first kappa shape index (κ1) is 11.9. The molecule has 2 atom stereocenters. The minimum absolute atomic E-state index is 0.308. The smallest absolute Gasteiger partial charge is 0.147 e. The van der Waals surface area contributed by atoms with E-state index in [9.17, 15) is 9.50 Å². The molecule has 0 saturated heterocycles. The molecule has 2 aromatic carbocycles. The third-order valence-corrected chi connectivity index (χ3v) is 3.18. The van der Waals surface area contributed by atoms with Crippen LogP contribution in [-0.2, 0) is 0 Å². The van der Waals surface area contributed by atoms with Crippen molar-refractivity contribution in [2.45, 2.75) is 12.2 Å². The van der Waals surface area contributed by atoms with Crippen molar-refractivity contribution in [1.82, 2.24) is 0 Å². The number of rotatable bonds is 2. The minimum Gasteiger partial charge on any atom is -0.483 e. The van der Waals surface area contributed by atoms with Crippen LogP contribution in [0.3, 0.4) is 0 Å². The van der Waals surface area contributed by atoms with Crippen molar-refractivity contribution in [3.63, 3.8) is 0 Å². The lowest BCUT2D eigenvalue weighted by Gasteiger charge is -2.26. The molecule has 0 saturated carbocycles. The van der Waals surface area contributed by atoms with E-state index < -0.39 is 12.2 Å². The normalized spacial score (nSPS) is 20.9. The number of aliphatic hydroxyl groups is 1. The van der Waals surface area contributed by atoms with Crippen molar-refractivity contribution < 1.29 is 14.2 Å². The van der Waals surface area contributed by atoms with Gasteiger partial charge in [0.15, 0.2) is 0 Å². The van der Waals surface area contributed by atoms with Gasteiger partial charge in [-0.25, -0.2) is 4.39 Å². The number of ether oxygens (including phenoxy) is 1. The molecule has 0 heterocycles. The Morgan fingerprint density at radius 1 is 1.00 bits per heavy atom. The first-order valence-corrected chi connectivity index (χ1v) is 6.11. The molecule has 1 aliphatic carbocycles. The summed E-state index contributed by atoms with van der Waals surface area (Å²) in [4.78, 5) is 0. The zero-order valence-electron chi connectivity index (χ0n) is 10.2. The van der Waals surface area contributed by atoms with Crippen molar-refractivity contribution in [3.05, 3.63) is 71.6 Å². The maximum Gasteiger partial charge on any atom is 0.147 e. The summed E-state index contributed by atoms with van der Waals surface area (Å²) in [6.07, 6.45) is 2.57. The Kier molecular flexibility index (Phi) is 3.05. The second kappa shape index (κ2) is 4.86. The summed E-state index contributed by atoms with van der Waals surface area (Å²) in [5, 5.41) is 10.3. The molecule has 1 unspecified atom stereocenters. The summed E-state index contributed by atoms with van der Waals surface area (Å²) in [7, 11) is 0. The van der Waals surface area contributed by atoms with Crippen LogP contribution in [0.5, 0.6) is 5.75 Å². The number of benzene rings is 2. The van der Waals surface area contributed by atoms with Gasteiger partial charge in [-0.2, -0.15) is 0 Å². The SMILES string of the molecule is OC1c2ccccc2C=C[C@@H]1Oc1ccc(F)cc1. The zero-order chi connectivity index (χ0) is 13.2. The highest BCUT2D eigenvalue weighted by atomic mass is 19.1. The molecule has 0 radical (unpaired) electrons. The van der Waals surface area contributed by atoms with Gasteiger partial charge in [0.25, 0.3) is 0 Å². The van der Waals surface area contributed by atoms with E-state index in [-0.39, 0.29) is 5.82 Å². The van der Waals surface area contributed by atoms with Gasteiger partial charge in [-0.3, -0.25) is 0 Å². The Morgan fingerprint density at radius 3 is 2.53 bits per heavy atom. The highest BCUT2D eigenvalue weighted by Crippen LogP contribution is 2.30. The maximum absolute atomic E-state index is 12.8. The summed E-state index contributed by atoms with van der Waals surface area (Å²) in [6.45, 7) is 0. The lowest BCUT2D eigenvalue weighted by molar-refractivity contribution is 0.0623. The largest absolute Gasteiger partial charge is 0.483 e. The van der Waals surface area contributed by atoms with Crippen LogP contribution in [0.2, 0.25) is 0 Å². The lowest BCUT2D eigenvalue weighted by atomic mass is 9.93. The van der Waals surface area contributed by atoms with Crippen LogP contribution in [0.1, 0.15) is 17.2 Å². The fourth-order valence-corrected chi connectivity index (χ4v) is 2.19. The van der Waals surface area contributed by atoms with Gasteiger partial charge in [-0.1, -0.05) is 30.3 Å². The number of aliphatic hydroxyl groups excluding tert-OH is 1. The van der Waals surface area contributed by atoms with Crippen LogP contribution in [-0.4, -0.2) is 11.2 Å². The number of hydrogen-bond acceptors (Lipinski definition) is 2. The fourth-order valence-electron chi connectivity index (χ4n) is 2.19. The molecule has 1 N–H and O–H groups in total. The predicted octanol–water partition coefficient (Wildman–Crippen LogP) is 3.33. The summed E-state index contributed by atoms with van der Waals surface area (Å²) >= 11 is 0. The molecule has 3 rings (SSSR count). The third-order valence-electron chi connectivity index (χ3n) is 3.18. The van der Waals surface area contributed by atoms with E-state index >= 15 is 0 Å². The highest BCUT2D eigenvalue weighted by molar-refractivity contribution is 5.58. The summed E-state index contributed by atoms with van der Waals surface area (Å²) < 4.78 is 18.5. The standard InChI is InChI=1S/C16H13FO2/c17-12-6-8-13(9-7-12)19-15-10-5-11-3-1-2-4-14(11)16(15)18/h1-10,15-16,18H/t15-,16?/m0/s1. The molecule has 96 valence electrons. The van der Waals surface area contributed by atoms with E-state index in [0.717, 1.165) is 11.1 Å². The van der Waals surface area contributed by atoms with Gasteiger partial charge in [-0.05, 0) is 41.5 Å². The Labute approximate surface area is 110 Å². The van der Waals surface area contributed by atoms with Crippen LogP contribution in [0, 0.1) is 5.82 Å². The second-order valence-electron chi connectivity index (χ2n) is 4.47. The minimum atomic E-state index is -0.716. The van der Waals surface area contributed by atoms with E-state index in [0.29, 0.717) is 5.75 Å². The van der Waals surface area contributed by atoms with Gasteiger partial charge in [0.1, 0.15) is 23.8 Å². The molecular formula is C16H13FO2. The lowest BCUT2D eigenvalue weighted by Crippen LogP contribution is -2.25. The van der Waals surface area contributed by atoms with Gasteiger partial charge >= 0.3 is 0 Å². The van der Waals surface area contributed by atoms with E-state index in [1.807, 2.05) is 36.4 Å². The van der Waals surface area contributed by atoms with Gasteiger partial charge < -0.3 is 9.84 Å². The number of halogens is 1. The molecule has 0 spiro atoms. The van der Waals surface area contributed by atoms with Gasteiger partial charge in [0.2, 0.25) is 0 Å². The van der Waals surface area contributed by atoms with Crippen LogP contribution in [0.4, 0.5) is 4.39 Å². The van der Waals surface area contributed by atoms with E-state index in [4.69, 9.17) is 4.74 Å².